The molecule has 0 aliphatic rings. The Hall–Kier alpha value is -0.963. The Morgan fingerprint density at radius 2 is 1.92 bits per heavy atom. The van der Waals surface area contributed by atoms with Crippen molar-refractivity contribution in [3.05, 3.63) is 23.8 Å². The average molecular weight is 195 g/mol. The van der Waals surface area contributed by atoms with Gasteiger partial charge >= 0.3 is 0 Å². The van der Waals surface area contributed by atoms with E-state index in [9.17, 15) is 5.11 Å². The molecule has 0 atom stereocenters. The molecule has 0 amide bonds. The molecule has 0 bridgehead atoms. The van der Waals surface area contributed by atoms with Crippen molar-refractivity contribution in [1.29, 1.82) is 0 Å². The number of phenolic OH excluding ortho intramolecular Hbond substituents is 1. The van der Waals surface area contributed by atoms with Crippen molar-refractivity contribution in [1.82, 2.24) is 0 Å². The zero-order chi connectivity index (χ0) is 10.1. The monoisotopic (exact) mass is 195 g/mol. The summed E-state index contributed by atoms with van der Waals surface area (Å²) in [7, 11) is -1.14. The lowest BCUT2D eigenvalue weighted by molar-refractivity contribution is 0.475. The fourth-order valence-corrected chi connectivity index (χ4v) is 2.77. The van der Waals surface area contributed by atoms with Gasteiger partial charge in [0.2, 0.25) is 0 Å². The second kappa shape index (κ2) is 3.42. The molecular formula is C10H17NOSi. The molecule has 13 heavy (non-hydrogen) atoms. The number of nitrogens with two attached hydrogens (primary N) is 1. The Labute approximate surface area is 80.4 Å². The maximum absolute atomic E-state index is 9.29. The van der Waals surface area contributed by atoms with E-state index in [2.05, 4.69) is 19.6 Å². The zero-order valence-corrected chi connectivity index (χ0v) is 9.46. The number of rotatable bonds is 2. The normalized spacial score (nSPS) is 11.6. The third-order valence-corrected chi connectivity index (χ3v) is 3.29. The molecule has 1 aromatic carbocycles. The first-order valence-electron chi connectivity index (χ1n) is 4.46. The van der Waals surface area contributed by atoms with Crippen molar-refractivity contribution < 1.29 is 5.11 Å². The third kappa shape index (κ3) is 3.11. The van der Waals surface area contributed by atoms with E-state index in [4.69, 9.17) is 5.73 Å². The summed E-state index contributed by atoms with van der Waals surface area (Å²) in [5.41, 5.74) is 7.68. The van der Waals surface area contributed by atoms with Crippen molar-refractivity contribution in [2.24, 2.45) is 0 Å². The lowest BCUT2D eigenvalue weighted by atomic mass is 10.2. The SMILES string of the molecule is C[Si](C)(C)Cc1cc(O)ccc1N. The standard InChI is InChI=1S/C10H17NOSi/c1-13(2,3)7-8-6-9(12)4-5-10(8)11/h4-6,12H,7,11H2,1-3H3. The number of phenols is 1. The first-order chi connectivity index (χ1) is 5.88. The van der Waals surface area contributed by atoms with Crippen molar-refractivity contribution in [2.75, 3.05) is 5.73 Å². The topological polar surface area (TPSA) is 46.2 Å². The van der Waals surface area contributed by atoms with Gasteiger partial charge in [0.05, 0.1) is 0 Å². The van der Waals surface area contributed by atoms with Crippen LogP contribution in [0.4, 0.5) is 5.69 Å². The van der Waals surface area contributed by atoms with Crippen LogP contribution in [0.3, 0.4) is 0 Å². The highest BCUT2D eigenvalue weighted by atomic mass is 28.3. The first kappa shape index (κ1) is 10.1. The summed E-state index contributed by atoms with van der Waals surface area (Å²) < 4.78 is 0. The van der Waals surface area contributed by atoms with Crippen LogP contribution in [0.15, 0.2) is 18.2 Å². The van der Waals surface area contributed by atoms with Crippen LogP contribution < -0.4 is 5.73 Å². The summed E-state index contributed by atoms with van der Waals surface area (Å²) in [4.78, 5) is 0. The zero-order valence-electron chi connectivity index (χ0n) is 8.46. The van der Waals surface area contributed by atoms with E-state index in [1.807, 2.05) is 0 Å². The van der Waals surface area contributed by atoms with Gasteiger partial charge in [-0.3, -0.25) is 0 Å². The molecule has 1 rings (SSSR count). The van der Waals surface area contributed by atoms with Gasteiger partial charge in [0.25, 0.3) is 0 Å². The lowest BCUT2D eigenvalue weighted by Gasteiger charge is -2.17. The highest BCUT2D eigenvalue weighted by Gasteiger charge is 2.15. The highest BCUT2D eigenvalue weighted by molar-refractivity contribution is 6.75. The van der Waals surface area contributed by atoms with Gasteiger partial charge in [-0.05, 0) is 29.8 Å². The first-order valence-corrected chi connectivity index (χ1v) is 8.16. The van der Waals surface area contributed by atoms with Gasteiger partial charge in [-0.25, -0.2) is 0 Å². The molecule has 0 heterocycles. The van der Waals surface area contributed by atoms with Crippen LogP contribution in [0, 0.1) is 0 Å². The molecule has 0 unspecified atom stereocenters. The quantitative estimate of drug-likeness (QED) is 0.432. The van der Waals surface area contributed by atoms with E-state index in [-0.39, 0.29) is 0 Å². The summed E-state index contributed by atoms with van der Waals surface area (Å²) in [6, 6.07) is 6.19. The van der Waals surface area contributed by atoms with Gasteiger partial charge in [0, 0.05) is 13.8 Å². The molecule has 0 saturated carbocycles. The lowest BCUT2D eigenvalue weighted by Crippen LogP contribution is -2.24. The van der Waals surface area contributed by atoms with Gasteiger partial charge in [0.1, 0.15) is 5.75 Å². The number of hydrogen-bond donors (Lipinski definition) is 2. The molecule has 0 saturated heterocycles. The third-order valence-electron chi connectivity index (χ3n) is 1.85. The van der Waals surface area contributed by atoms with Gasteiger partial charge < -0.3 is 10.8 Å². The fraction of sp³-hybridized carbons (Fsp3) is 0.400. The molecule has 0 spiro atoms. The van der Waals surface area contributed by atoms with Gasteiger partial charge in [-0.2, -0.15) is 0 Å². The molecule has 0 radical (unpaired) electrons. The second-order valence-electron chi connectivity index (χ2n) is 4.62. The van der Waals surface area contributed by atoms with E-state index in [1.165, 1.54) is 0 Å². The minimum atomic E-state index is -1.14. The maximum Gasteiger partial charge on any atom is 0.115 e. The fourth-order valence-electron chi connectivity index (χ4n) is 1.32. The molecule has 1 aromatic rings. The Balaban J connectivity index is 2.94. The second-order valence-corrected chi connectivity index (χ2v) is 10.1. The highest BCUT2D eigenvalue weighted by Crippen LogP contribution is 2.22. The van der Waals surface area contributed by atoms with Crippen LogP contribution >= 0.6 is 0 Å². The number of hydrogen-bond acceptors (Lipinski definition) is 2. The summed E-state index contributed by atoms with van der Waals surface area (Å²) in [6.45, 7) is 6.86. The maximum atomic E-state index is 9.29. The number of anilines is 1. The average Bonchev–Trinajstić information content (AvgIpc) is 1.94. The summed E-state index contributed by atoms with van der Waals surface area (Å²) in [5, 5.41) is 9.29. The summed E-state index contributed by atoms with van der Waals surface area (Å²) in [5.74, 6) is 0.308. The smallest absolute Gasteiger partial charge is 0.115 e. The largest absolute Gasteiger partial charge is 0.508 e. The van der Waals surface area contributed by atoms with Gasteiger partial charge in [-0.1, -0.05) is 19.6 Å². The minimum absolute atomic E-state index is 0.308. The van der Waals surface area contributed by atoms with Crippen LogP contribution in [-0.4, -0.2) is 13.2 Å². The Bertz CT molecular complexity index is 304. The molecule has 2 nitrogen and oxygen atoms in total. The van der Waals surface area contributed by atoms with Crippen LogP contribution in [0.1, 0.15) is 5.56 Å². The van der Waals surface area contributed by atoms with Crippen molar-refractivity contribution in [3.8, 4) is 5.75 Å². The van der Waals surface area contributed by atoms with Crippen LogP contribution in [-0.2, 0) is 6.04 Å². The van der Waals surface area contributed by atoms with E-state index in [0.29, 0.717) is 5.75 Å². The molecule has 3 N–H and O–H groups in total. The van der Waals surface area contributed by atoms with E-state index in [1.54, 1.807) is 18.2 Å². The number of benzene rings is 1. The van der Waals surface area contributed by atoms with Gasteiger partial charge in [-0.15, -0.1) is 0 Å². The summed E-state index contributed by atoms with van der Waals surface area (Å²) >= 11 is 0. The van der Waals surface area contributed by atoms with Crippen molar-refractivity contribution in [3.63, 3.8) is 0 Å². The molecule has 3 heteroatoms. The molecule has 0 aromatic heterocycles. The van der Waals surface area contributed by atoms with Crippen LogP contribution in [0.5, 0.6) is 5.75 Å². The Morgan fingerprint density at radius 1 is 1.31 bits per heavy atom. The molecule has 0 fully saturated rings. The predicted molar refractivity (Wildman–Crippen MR) is 59.6 cm³/mol. The van der Waals surface area contributed by atoms with E-state index >= 15 is 0 Å². The van der Waals surface area contributed by atoms with Crippen LogP contribution in [0.25, 0.3) is 0 Å². The van der Waals surface area contributed by atoms with Crippen molar-refractivity contribution in [2.45, 2.75) is 25.7 Å². The summed E-state index contributed by atoms with van der Waals surface area (Å²) in [6.07, 6.45) is 0. The molecular weight excluding hydrogens is 178 g/mol. The minimum Gasteiger partial charge on any atom is -0.508 e. The van der Waals surface area contributed by atoms with Gasteiger partial charge in [0.15, 0.2) is 0 Å². The van der Waals surface area contributed by atoms with E-state index in [0.717, 1.165) is 17.3 Å². The predicted octanol–water partition coefficient (Wildman–Crippen LogP) is 2.39. The molecule has 0 aliphatic heterocycles. The number of nitrogen functional groups attached to an aromatic ring is 1. The van der Waals surface area contributed by atoms with E-state index < -0.39 is 8.07 Å². The Morgan fingerprint density at radius 3 is 2.46 bits per heavy atom. The number of aromatic hydroxyl groups is 1. The van der Waals surface area contributed by atoms with Crippen LogP contribution in [0.2, 0.25) is 19.6 Å². The van der Waals surface area contributed by atoms with Crippen molar-refractivity contribution >= 4 is 13.8 Å². The molecule has 0 aliphatic carbocycles. The Kier molecular flexibility index (Phi) is 2.66. The molecule has 72 valence electrons.